The Morgan fingerprint density at radius 1 is 1.22 bits per heavy atom. The molecule has 186 valence electrons. The molecule has 36 heavy (non-hydrogen) atoms. The molecule has 0 bridgehead atoms. The fourth-order valence-electron chi connectivity index (χ4n) is 3.36. The van der Waals surface area contributed by atoms with Gasteiger partial charge < -0.3 is 14.0 Å². The van der Waals surface area contributed by atoms with Gasteiger partial charge in [-0.05, 0) is 36.8 Å². The van der Waals surface area contributed by atoms with Gasteiger partial charge >= 0.3 is 17.8 Å². The molecule has 0 unspecified atom stereocenters. The van der Waals surface area contributed by atoms with Crippen LogP contribution in [0.4, 0.5) is 13.2 Å². The Labute approximate surface area is 204 Å². The highest BCUT2D eigenvalue weighted by Crippen LogP contribution is 2.34. The van der Waals surface area contributed by atoms with E-state index < -0.39 is 29.4 Å². The predicted octanol–water partition coefficient (Wildman–Crippen LogP) is 3.94. The Balaban J connectivity index is 1.96. The van der Waals surface area contributed by atoms with Crippen LogP contribution in [-0.4, -0.2) is 45.6 Å². The van der Waals surface area contributed by atoms with Gasteiger partial charge in [0, 0.05) is 17.8 Å². The molecule has 0 saturated heterocycles. The van der Waals surface area contributed by atoms with Crippen LogP contribution < -0.4 is 5.63 Å². The summed E-state index contributed by atoms with van der Waals surface area (Å²) in [6.07, 6.45) is -3.50. The second kappa shape index (κ2) is 9.41. The van der Waals surface area contributed by atoms with E-state index in [9.17, 15) is 22.8 Å². The van der Waals surface area contributed by atoms with E-state index in [-0.39, 0.29) is 38.7 Å². The van der Waals surface area contributed by atoms with Crippen molar-refractivity contribution in [1.29, 1.82) is 0 Å². The number of pyridine rings is 1. The summed E-state index contributed by atoms with van der Waals surface area (Å²) < 4.78 is 51.2. The number of hydrogen-bond acceptors (Lipinski definition) is 9. The Morgan fingerprint density at radius 2 is 1.97 bits per heavy atom. The number of carbonyl (C=O) groups excluding carboxylic acids is 1. The molecular weight excluding hydrogens is 507 g/mol. The van der Waals surface area contributed by atoms with E-state index in [4.69, 9.17) is 16.0 Å². The van der Waals surface area contributed by atoms with Crippen molar-refractivity contribution in [1.82, 2.24) is 19.7 Å². The van der Waals surface area contributed by atoms with Gasteiger partial charge in [0.1, 0.15) is 12.8 Å². The highest BCUT2D eigenvalue weighted by Gasteiger charge is 2.36. The van der Waals surface area contributed by atoms with Gasteiger partial charge in [0.05, 0.1) is 23.0 Å². The summed E-state index contributed by atoms with van der Waals surface area (Å²) in [4.78, 5) is 38.0. The number of hydrogen-bond donors (Lipinski definition) is 0. The molecule has 0 spiro atoms. The molecule has 0 radical (unpaired) electrons. The van der Waals surface area contributed by atoms with Crippen molar-refractivity contribution < 1.29 is 32.0 Å². The van der Waals surface area contributed by atoms with Crippen molar-refractivity contribution >= 4 is 34.2 Å². The number of rotatable bonds is 5. The highest BCUT2D eigenvalue weighted by atomic mass is 35.5. The molecule has 10 nitrogen and oxygen atoms in total. The number of halogens is 4. The summed E-state index contributed by atoms with van der Waals surface area (Å²) in [6, 6.07) is 6.35. The van der Waals surface area contributed by atoms with Crippen molar-refractivity contribution in [3.8, 4) is 17.4 Å². The second-order valence-electron chi connectivity index (χ2n) is 7.24. The highest BCUT2D eigenvalue weighted by molar-refractivity contribution is 6.43. The quantitative estimate of drug-likeness (QED) is 0.220. The van der Waals surface area contributed by atoms with Gasteiger partial charge in [0.15, 0.2) is 17.2 Å². The molecule has 3 heterocycles. The number of methoxy groups -OCH3 is 1. The predicted molar refractivity (Wildman–Crippen MR) is 121 cm³/mol. The van der Waals surface area contributed by atoms with Crippen LogP contribution in [0.15, 0.2) is 50.9 Å². The fourth-order valence-corrected chi connectivity index (χ4v) is 3.56. The molecule has 0 aliphatic carbocycles. The van der Waals surface area contributed by atoms with Crippen molar-refractivity contribution in [3.63, 3.8) is 0 Å². The van der Waals surface area contributed by atoms with Crippen LogP contribution in [0, 0.1) is 6.92 Å². The number of benzene rings is 1. The average molecular weight is 522 g/mol. The number of aromatic nitrogens is 4. The van der Waals surface area contributed by atoms with E-state index in [0.29, 0.717) is 11.6 Å². The van der Waals surface area contributed by atoms with E-state index in [2.05, 4.69) is 29.8 Å². The minimum atomic E-state index is -4.81. The lowest BCUT2D eigenvalue weighted by Gasteiger charge is -2.09. The first-order valence-corrected chi connectivity index (χ1v) is 10.4. The van der Waals surface area contributed by atoms with Crippen LogP contribution in [0.1, 0.15) is 16.8 Å². The van der Waals surface area contributed by atoms with Crippen LogP contribution in [-0.2, 0) is 20.5 Å². The van der Waals surface area contributed by atoms with E-state index >= 15 is 0 Å². The molecule has 0 amide bonds. The molecule has 0 fully saturated rings. The zero-order valence-electron chi connectivity index (χ0n) is 18.8. The third-order valence-electron chi connectivity index (χ3n) is 4.92. The molecule has 4 aromatic rings. The van der Waals surface area contributed by atoms with Gasteiger partial charge in [-0.15, -0.1) is 0 Å². The number of oxime groups is 1. The third-order valence-corrected chi connectivity index (χ3v) is 5.21. The van der Waals surface area contributed by atoms with Crippen molar-refractivity contribution in [2.75, 3.05) is 14.2 Å². The summed E-state index contributed by atoms with van der Waals surface area (Å²) in [5, 5.41) is 7.16. The largest absolute Gasteiger partial charge is 0.464 e. The zero-order valence-corrected chi connectivity index (χ0v) is 19.5. The molecule has 0 aliphatic rings. The van der Waals surface area contributed by atoms with E-state index in [1.165, 1.54) is 37.6 Å². The zero-order chi connectivity index (χ0) is 26.2. The Morgan fingerprint density at radius 3 is 2.61 bits per heavy atom. The first kappa shape index (κ1) is 24.9. The maximum atomic E-state index is 13.5. The molecule has 0 atom stereocenters. The van der Waals surface area contributed by atoms with Gasteiger partial charge in [-0.1, -0.05) is 16.8 Å². The number of aryl methyl sites for hydroxylation is 1. The lowest BCUT2D eigenvalue weighted by atomic mass is 10.0. The maximum Gasteiger partial charge on any atom is 0.435 e. The lowest BCUT2D eigenvalue weighted by Crippen LogP contribution is -2.18. The minimum absolute atomic E-state index is 0.00676. The summed E-state index contributed by atoms with van der Waals surface area (Å²) in [7, 11) is 2.38. The molecular formula is C22H15ClF3N5O5. The van der Waals surface area contributed by atoms with Gasteiger partial charge in [0.25, 0.3) is 0 Å². The number of alkyl halides is 3. The Kier molecular flexibility index (Phi) is 6.50. The molecule has 0 N–H and O–H groups in total. The van der Waals surface area contributed by atoms with Crippen molar-refractivity contribution in [3.05, 3.63) is 68.8 Å². The standard InChI is InChI=1S/C22H15ClF3N5O5/c1-10-7-11(17(30-35-3)21(33)34-2)8-12-16(10)28-19(36-20(12)32)14-9-15(22(24,25)26)29-31(14)18-13(23)5-4-6-27-18/h4-9H,1-3H3/b30-17-. The summed E-state index contributed by atoms with van der Waals surface area (Å²) in [5.41, 5.74) is -2.04. The van der Waals surface area contributed by atoms with Crippen molar-refractivity contribution in [2.24, 2.45) is 5.16 Å². The van der Waals surface area contributed by atoms with Crippen LogP contribution >= 0.6 is 11.6 Å². The number of carbonyl (C=O) groups is 1. The number of fused-ring (bicyclic) bond motifs is 1. The minimum Gasteiger partial charge on any atom is -0.464 e. The normalized spacial score (nSPS) is 12.1. The van der Waals surface area contributed by atoms with Crippen LogP contribution in [0.25, 0.3) is 28.3 Å². The first-order chi connectivity index (χ1) is 17.0. The summed E-state index contributed by atoms with van der Waals surface area (Å²) >= 11 is 6.13. The van der Waals surface area contributed by atoms with Gasteiger partial charge in [-0.3, -0.25) is 0 Å². The van der Waals surface area contributed by atoms with Crippen LogP contribution in [0.3, 0.4) is 0 Å². The van der Waals surface area contributed by atoms with Crippen LogP contribution in [0.5, 0.6) is 0 Å². The maximum absolute atomic E-state index is 13.5. The van der Waals surface area contributed by atoms with Crippen LogP contribution in [0.2, 0.25) is 5.02 Å². The molecule has 1 aromatic carbocycles. The molecule has 14 heteroatoms. The molecule has 3 aromatic heterocycles. The van der Waals surface area contributed by atoms with Gasteiger partial charge in [-0.25, -0.2) is 24.2 Å². The summed E-state index contributed by atoms with van der Waals surface area (Å²) in [5.74, 6) is -1.40. The number of ether oxygens (including phenoxy) is 1. The molecule has 0 saturated carbocycles. The summed E-state index contributed by atoms with van der Waals surface area (Å²) in [6.45, 7) is 1.58. The topological polar surface area (TPSA) is 122 Å². The second-order valence-corrected chi connectivity index (χ2v) is 7.65. The SMILES string of the molecule is CO/N=C(\C(=O)OC)c1cc(C)c2nc(-c3cc(C(F)(F)F)nn3-c3ncccc3Cl)oc(=O)c2c1. The average Bonchev–Trinajstić information content (AvgIpc) is 3.28. The number of nitrogens with zero attached hydrogens (tertiary/aromatic N) is 5. The van der Waals surface area contributed by atoms with E-state index in [1.54, 1.807) is 6.92 Å². The van der Waals surface area contributed by atoms with Crippen molar-refractivity contribution in [2.45, 2.75) is 13.1 Å². The fraction of sp³-hybridized carbons (Fsp3) is 0.182. The Bertz CT molecular complexity index is 1580. The van der Waals surface area contributed by atoms with E-state index in [0.717, 1.165) is 11.8 Å². The lowest BCUT2D eigenvalue weighted by molar-refractivity contribution is -0.141. The monoisotopic (exact) mass is 521 g/mol. The van der Waals surface area contributed by atoms with Gasteiger partial charge in [0.2, 0.25) is 5.89 Å². The van der Waals surface area contributed by atoms with E-state index in [1.807, 2.05) is 0 Å². The third kappa shape index (κ3) is 4.52. The molecule has 0 aliphatic heterocycles. The Hall–Kier alpha value is -4.26. The van der Waals surface area contributed by atoms with Gasteiger partial charge in [-0.2, -0.15) is 18.3 Å². The first-order valence-electron chi connectivity index (χ1n) is 9.99. The molecule has 4 rings (SSSR count). The smallest absolute Gasteiger partial charge is 0.435 e. The number of esters is 1.